The molecule has 0 radical (unpaired) electrons. The summed E-state index contributed by atoms with van der Waals surface area (Å²) in [4.78, 5) is 62.2. The minimum absolute atomic E-state index is 0.102. The van der Waals surface area contributed by atoms with Crippen LogP contribution >= 0.6 is 0 Å². The predicted molar refractivity (Wildman–Crippen MR) is 210 cm³/mol. The Morgan fingerprint density at radius 3 is 2.59 bits per heavy atom. The van der Waals surface area contributed by atoms with Crippen LogP contribution in [0.2, 0.25) is 0 Å². The monoisotopic (exact) mass is 845 g/mol. The van der Waals surface area contributed by atoms with Crippen molar-refractivity contribution in [3.8, 4) is 11.5 Å². The van der Waals surface area contributed by atoms with Crippen molar-refractivity contribution in [3.05, 3.63) is 41.6 Å². The van der Waals surface area contributed by atoms with E-state index in [4.69, 9.17) is 18.9 Å². The van der Waals surface area contributed by atoms with Gasteiger partial charge in [-0.25, -0.2) is 27.0 Å². The van der Waals surface area contributed by atoms with Crippen molar-refractivity contribution in [3.63, 3.8) is 0 Å². The fourth-order valence-corrected chi connectivity index (χ4v) is 10.2. The van der Waals surface area contributed by atoms with E-state index in [1.165, 1.54) is 19.1 Å². The number of rotatable bonds is 10. The normalized spacial score (nSPS) is 28.8. The van der Waals surface area contributed by atoms with Crippen LogP contribution in [0.25, 0.3) is 10.9 Å². The van der Waals surface area contributed by atoms with Gasteiger partial charge >= 0.3 is 6.09 Å². The zero-order valence-electron chi connectivity index (χ0n) is 33.8. The average molecular weight is 846 g/mol. The molecule has 4 amide bonds. The summed E-state index contributed by atoms with van der Waals surface area (Å²) in [6.07, 6.45) is 3.85. The molecule has 2 saturated carbocycles. The Labute approximate surface area is 342 Å². The highest BCUT2D eigenvalue weighted by molar-refractivity contribution is 7.91. The number of amides is 4. The summed E-state index contributed by atoms with van der Waals surface area (Å²) in [7, 11) is -1.33. The van der Waals surface area contributed by atoms with Crippen molar-refractivity contribution in [1.29, 1.82) is 0 Å². The summed E-state index contributed by atoms with van der Waals surface area (Å²) in [6.45, 7) is 3.26. The van der Waals surface area contributed by atoms with E-state index in [0.29, 0.717) is 60.7 Å². The molecule has 322 valence electrons. The standard InChI is InChI=1S/C41H53F2N5O10S/c1-5-24(2)57-38(52)45-30-12-10-8-6-7-9-11-25-20-41(25,37(51)47-59(53,54)40(17-18-40)23-55-3)46-35(49)31-21-39(22-48(31)36(30)50)16-15-27-28-19-26(56-4)13-14-29(28)44-32(34(42)43)33(27)58-39/h9,11,13-14,19,24-25,30-31,34H,5-8,10,12,15-18,20-23H2,1-4H3,(H,45,52)(H,46,49)(H,47,51)/b11-9-/t24-,25+,30-,31-,39+,41?/m0/s1. The zero-order chi connectivity index (χ0) is 42.3. The topological polar surface area (TPSA) is 192 Å². The van der Waals surface area contributed by atoms with Crippen molar-refractivity contribution >= 4 is 44.7 Å². The molecule has 2 aliphatic carbocycles. The minimum atomic E-state index is -4.20. The molecule has 3 N–H and O–H groups in total. The Morgan fingerprint density at radius 2 is 1.90 bits per heavy atom. The number of nitrogens with zero attached hydrogens (tertiary/aromatic N) is 2. The molecule has 18 heteroatoms. The molecule has 3 aliphatic heterocycles. The summed E-state index contributed by atoms with van der Waals surface area (Å²) < 4.78 is 80.1. The fourth-order valence-electron chi connectivity index (χ4n) is 8.68. The number of alkyl carbamates (subject to hydrolysis) is 1. The summed E-state index contributed by atoms with van der Waals surface area (Å²) in [5, 5.41) is 6.13. The number of hydrogen-bond acceptors (Lipinski definition) is 11. The van der Waals surface area contributed by atoms with Crippen LogP contribution in [0.15, 0.2) is 30.4 Å². The number of aromatic nitrogens is 1. The summed E-state index contributed by atoms with van der Waals surface area (Å²) >= 11 is 0. The second-order valence-corrected chi connectivity index (χ2v) is 18.7. The van der Waals surface area contributed by atoms with Crippen LogP contribution in [0.4, 0.5) is 13.6 Å². The molecule has 7 rings (SSSR count). The first-order valence-electron chi connectivity index (χ1n) is 20.4. The van der Waals surface area contributed by atoms with Gasteiger partial charge in [0.05, 0.1) is 25.8 Å². The van der Waals surface area contributed by atoms with Gasteiger partial charge in [-0.15, -0.1) is 0 Å². The number of hydrogen-bond donors (Lipinski definition) is 3. The Hall–Kier alpha value is -4.58. The lowest BCUT2D eigenvalue weighted by Crippen LogP contribution is -2.59. The average Bonchev–Trinajstić information content (AvgIpc) is 4.11. The lowest BCUT2D eigenvalue weighted by atomic mass is 9.87. The van der Waals surface area contributed by atoms with E-state index in [-0.39, 0.29) is 51.0 Å². The largest absolute Gasteiger partial charge is 0.497 e. The Bertz CT molecular complexity index is 2130. The number of ether oxygens (including phenoxy) is 4. The number of carbonyl (C=O) groups excluding carboxylic acids is 4. The first-order chi connectivity index (χ1) is 28.1. The molecule has 4 heterocycles. The van der Waals surface area contributed by atoms with Gasteiger partial charge in [0, 0.05) is 30.4 Å². The van der Waals surface area contributed by atoms with Crippen LogP contribution in [0.5, 0.6) is 11.5 Å². The van der Waals surface area contributed by atoms with Gasteiger partial charge < -0.3 is 34.5 Å². The van der Waals surface area contributed by atoms with Crippen molar-refractivity contribution < 1.29 is 55.3 Å². The van der Waals surface area contributed by atoms with Crippen molar-refractivity contribution in [2.75, 3.05) is 27.4 Å². The molecule has 15 nitrogen and oxygen atoms in total. The van der Waals surface area contributed by atoms with Gasteiger partial charge in [-0.2, -0.15) is 0 Å². The Balaban J connectivity index is 1.25. The van der Waals surface area contributed by atoms with E-state index in [1.54, 1.807) is 25.1 Å². The molecule has 1 saturated heterocycles. The highest BCUT2D eigenvalue weighted by Gasteiger charge is 2.64. The van der Waals surface area contributed by atoms with Crippen LogP contribution in [0.1, 0.15) is 102 Å². The van der Waals surface area contributed by atoms with Gasteiger partial charge in [0.25, 0.3) is 12.3 Å². The first kappa shape index (κ1) is 42.5. The molecule has 0 bridgehead atoms. The number of methoxy groups -OCH3 is 2. The molecule has 59 heavy (non-hydrogen) atoms. The van der Waals surface area contributed by atoms with Crippen molar-refractivity contribution in [2.24, 2.45) is 5.92 Å². The third kappa shape index (κ3) is 8.30. The molecule has 2 aromatic rings. The van der Waals surface area contributed by atoms with Gasteiger partial charge in [-0.05, 0) is 82.9 Å². The quantitative estimate of drug-likeness (QED) is 0.280. The van der Waals surface area contributed by atoms with Crippen LogP contribution in [0.3, 0.4) is 0 Å². The number of pyridine rings is 1. The van der Waals surface area contributed by atoms with Crippen LogP contribution < -0.4 is 24.8 Å². The Kier molecular flexibility index (Phi) is 11.9. The summed E-state index contributed by atoms with van der Waals surface area (Å²) in [6, 6.07) is 2.51. The lowest BCUT2D eigenvalue weighted by molar-refractivity contribution is -0.141. The van der Waals surface area contributed by atoms with Gasteiger partial charge in [0.2, 0.25) is 21.8 Å². The van der Waals surface area contributed by atoms with E-state index in [1.807, 2.05) is 19.1 Å². The maximum Gasteiger partial charge on any atom is 0.408 e. The second-order valence-electron chi connectivity index (χ2n) is 16.7. The summed E-state index contributed by atoms with van der Waals surface area (Å²) in [5.41, 5.74) is -2.75. The third-order valence-corrected chi connectivity index (χ3v) is 14.7. The number of fused-ring (bicyclic) bond motifs is 5. The number of carbonyl (C=O) groups is 4. The maximum absolute atomic E-state index is 14.8. The molecule has 3 fully saturated rings. The number of allylic oxidation sites excluding steroid dienone is 1. The maximum atomic E-state index is 14.8. The van der Waals surface area contributed by atoms with Gasteiger partial charge in [0.15, 0.2) is 5.75 Å². The lowest BCUT2D eigenvalue weighted by Gasteiger charge is -2.37. The van der Waals surface area contributed by atoms with Crippen molar-refractivity contribution in [1.82, 2.24) is 25.2 Å². The molecule has 1 unspecified atom stereocenters. The Morgan fingerprint density at radius 1 is 1.12 bits per heavy atom. The van der Waals surface area contributed by atoms with E-state index in [0.717, 1.165) is 6.42 Å². The number of sulfonamides is 1. The van der Waals surface area contributed by atoms with E-state index in [2.05, 4.69) is 20.3 Å². The first-order valence-corrected chi connectivity index (χ1v) is 21.9. The van der Waals surface area contributed by atoms with Crippen molar-refractivity contribution in [2.45, 2.75) is 131 Å². The molecule has 5 aliphatic rings. The number of halogens is 2. The number of aryl methyl sites for hydroxylation is 1. The molecular formula is C41H53F2N5O10S. The zero-order valence-corrected chi connectivity index (χ0v) is 34.6. The second kappa shape index (κ2) is 16.5. The predicted octanol–water partition coefficient (Wildman–Crippen LogP) is 4.76. The smallest absolute Gasteiger partial charge is 0.408 e. The molecule has 1 spiro atoms. The van der Waals surface area contributed by atoms with E-state index >= 15 is 0 Å². The van der Waals surface area contributed by atoms with Gasteiger partial charge in [0.1, 0.15) is 45.5 Å². The van der Waals surface area contributed by atoms with E-state index in [9.17, 15) is 36.4 Å². The molecule has 1 aromatic heterocycles. The number of benzene rings is 1. The molecular weight excluding hydrogens is 793 g/mol. The molecule has 6 atom stereocenters. The van der Waals surface area contributed by atoms with Crippen LogP contribution in [-0.4, -0.2) is 104 Å². The SMILES string of the molecule is CC[C@H](C)OC(=O)N[C@H]1CCCCC/C=C\[C@@H]2CC2(C(=O)NS(=O)(=O)C2(COC)CC2)NC(=O)[C@@H]2C[C@]3(CCc4c(c(C(F)F)nc5ccc(OC)cc45)O3)CN2C1=O. The highest BCUT2D eigenvalue weighted by Crippen LogP contribution is 2.50. The third-order valence-electron chi connectivity index (χ3n) is 12.6. The number of nitrogens with one attached hydrogen (secondary N) is 3. The highest BCUT2D eigenvalue weighted by atomic mass is 32.2. The molecule has 1 aromatic carbocycles. The van der Waals surface area contributed by atoms with Crippen LogP contribution in [-0.2, 0) is 40.3 Å². The minimum Gasteiger partial charge on any atom is -0.497 e. The van der Waals surface area contributed by atoms with Gasteiger partial charge in [-0.1, -0.05) is 31.9 Å². The van der Waals surface area contributed by atoms with E-state index < -0.39 is 85.9 Å². The van der Waals surface area contributed by atoms with Gasteiger partial charge in [-0.3, -0.25) is 19.1 Å². The number of alkyl halides is 2. The fraction of sp³-hybridized carbons (Fsp3) is 0.634. The summed E-state index contributed by atoms with van der Waals surface area (Å²) in [5.74, 6) is -2.44. The van der Waals surface area contributed by atoms with Crippen LogP contribution in [0, 0.1) is 5.92 Å².